The van der Waals surface area contributed by atoms with Crippen LogP contribution in [0.3, 0.4) is 0 Å². The quantitative estimate of drug-likeness (QED) is 0.0793. The van der Waals surface area contributed by atoms with Crippen molar-refractivity contribution in [1.29, 1.82) is 0 Å². The number of aryl methyl sites for hydroxylation is 1. The number of hydrogen-bond donors (Lipinski definition) is 3. The molecule has 3 aliphatic heterocycles. The van der Waals surface area contributed by atoms with Gasteiger partial charge in [-0.05, 0) is 83.6 Å². The van der Waals surface area contributed by atoms with Crippen LogP contribution < -0.4 is 10.7 Å². The number of nitrogens with zero attached hydrogens (tertiary/aromatic N) is 7. The summed E-state index contributed by atoms with van der Waals surface area (Å²) >= 11 is 1.38. The number of methoxy groups -OCH3 is 1. The molecule has 17 nitrogen and oxygen atoms in total. The molecule has 3 N–H and O–H groups in total. The van der Waals surface area contributed by atoms with Crippen molar-refractivity contribution in [3.63, 3.8) is 0 Å². The number of carbonyl (C=O) groups excluding carboxylic acids is 5. The van der Waals surface area contributed by atoms with Crippen LogP contribution in [-0.4, -0.2) is 154 Å². The first-order chi connectivity index (χ1) is 33.0. The van der Waals surface area contributed by atoms with Crippen LogP contribution in [0.1, 0.15) is 91.4 Å². The van der Waals surface area contributed by atoms with E-state index in [0.717, 1.165) is 39.0 Å². The maximum atomic E-state index is 14.7. The van der Waals surface area contributed by atoms with Crippen molar-refractivity contribution >= 4 is 63.7 Å². The summed E-state index contributed by atoms with van der Waals surface area (Å²) in [4.78, 5) is 84.2. The van der Waals surface area contributed by atoms with Crippen LogP contribution in [-0.2, 0) is 48.0 Å². The van der Waals surface area contributed by atoms with E-state index in [-0.39, 0.29) is 37.0 Å². The third-order valence-electron chi connectivity index (χ3n) is 13.3. The first kappa shape index (κ1) is 53.7. The monoisotopic (exact) mass is 984 g/mol. The number of benzene rings is 1. The molecule has 6 bridgehead atoms. The first-order valence-corrected chi connectivity index (χ1v) is 25.1. The molecule has 6 rings (SSSR count). The van der Waals surface area contributed by atoms with Crippen LogP contribution in [0.15, 0.2) is 59.1 Å². The molecule has 2 fully saturated rings. The lowest BCUT2D eigenvalue weighted by atomic mass is 9.84. The average Bonchev–Trinajstić information content (AvgIpc) is 3.89. The Morgan fingerprint density at radius 3 is 2.53 bits per heavy atom. The normalized spacial score (nSPS) is 20.5. The van der Waals surface area contributed by atoms with Crippen molar-refractivity contribution in [2.24, 2.45) is 16.3 Å². The molecule has 3 aromatic rings. The van der Waals surface area contributed by atoms with E-state index in [1.165, 1.54) is 38.3 Å². The molecule has 380 valence electrons. The lowest BCUT2D eigenvalue weighted by molar-refractivity contribution is -0.155. The maximum Gasteiger partial charge on any atom is 0.324 e. The Morgan fingerprint density at radius 1 is 1.19 bits per heavy atom. The van der Waals surface area contributed by atoms with Crippen molar-refractivity contribution in [1.82, 2.24) is 40.0 Å². The van der Waals surface area contributed by atoms with Crippen molar-refractivity contribution in [2.75, 3.05) is 47.4 Å². The molecular formula is C52H73N9O8S. The Morgan fingerprint density at radius 2 is 1.90 bits per heavy atom. The van der Waals surface area contributed by atoms with Gasteiger partial charge in [0, 0.05) is 98.9 Å². The minimum atomic E-state index is -1.14. The summed E-state index contributed by atoms with van der Waals surface area (Å²) in [5.41, 5.74) is 7.61. The number of aliphatic imine (C=N–C) groups is 1. The van der Waals surface area contributed by atoms with Gasteiger partial charge in [-0.15, -0.1) is 11.3 Å². The van der Waals surface area contributed by atoms with Gasteiger partial charge in [0.05, 0.1) is 46.4 Å². The number of ether oxygens (including phenoxy) is 2. The van der Waals surface area contributed by atoms with E-state index in [9.17, 15) is 29.1 Å². The summed E-state index contributed by atoms with van der Waals surface area (Å²) in [6, 6.07) is 2.67. The Kier molecular flexibility index (Phi) is 17.0. The number of carbonyl (C=O) groups is 5. The van der Waals surface area contributed by atoms with Crippen LogP contribution in [0.25, 0.3) is 27.7 Å². The number of aliphatic hydroxyl groups is 1. The number of hydrogen-bond acceptors (Lipinski definition) is 12. The molecule has 1 aromatic carbocycles. The number of hydrazine groups is 1. The van der Waals surface area contributed by atoms with Crippen molar-refractivity contribution in [3.8, 4) is 11.3 Å². The fourth-order valence-corrected chi connectivity index (χ4v) is 10.3. The van der Waals surface area contributed by atoms with E-state index in [0.29, 0.717) is 56.1 Å². The second-order valence-electron chi connectivity index (χ2n) is 20.3. The van der Waals surface area contributed by atoms with Crippen LogP contribution in [0.2, 0.25) is 0 Å². The van der Waals surface area contributed by atoms with E-state index >= 15 is 0 Å². The third-order valence-corrected chi connectivity index (χ3v) is 14.2. The van der Waals surface area contributed by atoms with Gasteiger partial charge < -0.3 is 39.2 Å². The molecule has 18 heteroatoms. The second-order valence-corrected chi connectivity index (χ2v) is 21.2. The van der Waals surface area contributed by atoms with Crippen LogP contribution >= 0.6 is 11.3 Å². The molecule has 3 aliphatic rings. The molecule has 4 atom stereocenters. The van der Waals surface area contributed by atoms with Crippen molar-refractivity contribution < 1.29 is 38.6 Å². The van der Waals surface area contributed by atoms with Gasteiger partial charge >= 0.3 is 12.0 Å². The standard InChI is InChI=1S/C52H73N9O8S/c1-14-35(44(53-15-2)32(6)68-13)46-37-26-51(7,8)30-69-49(65)38-18-17-23-61(56-38)48(64)39(25-42-54-40(29-70-42)33-19-20-41(36(37)24-33)60(46)16-3)55-47(63)45(31(4)5)58(12)50(66)57(11)34-27-59(28-34)43(62)21-22-52(9,10)67/h14-15,19-22,24,29,31-32,34,38-39,45,56,67H,1,16-18,23,25-28,30H2,2-13H3,(H,55,63)/b22-21+,44-35+,53-15-/t32-,38-,39-,45-/m0/s1. The van der Waals surface area contributed by atoms with Crippen LogP contribution in [0, 0.1) is 11.3 Å². The van der Waals surface area contributed by atoms with Gasteiger partial charge in [0.1, 0.15) is 18.1 Å². The number of fused-ring (bicyclic) bond motifs is 6. The minimum absolute atomic E-state index is 0.0443. The zero-order valence-electron chi connectivity index (χ0n) is 43.0. The first-order valence-electron chi connectivity index (χ1n) is 24.3. The molecule has 5 amide bonds. The number of thiazole rings is 1. The molecule has 70 heavy (non-hydrogen) atoms. The predicted octanol–water partition coefficient (Wildman–Crippen LogP) is 6.00. The zero-order valence-corrected chi connectivity index (χ0v) is 43.8. The minimum Gasteiger partial charge on any atom is -0.464 e. The summed E-state index contributed by atoms with van der Waals surface area (Å²) in [5.74, 6) is -2.08. The highest BCUT2D eigenvalue weighted by molar-refractivity contribution is 7.10. The molecule has 5 heterocycles. The lowest BCUT2D eigenvalue weighted by Gasteiger charge is -2.45. The van der Waals surface area contributed by atoms with E-state index in [4.69, 9.17) is 19.5 Å². The number of rotatable bonds is 13. The topological polar surface area (TPSA) is 191 Å². The number of nitrogens with one attached hydrogen (secondary N) is 2. The number of aromatic nitrogens is 2. The summed E-state index contributed by atoms with van der Waals surface area (Å²) in [6.07, 6.45) is 7.55. The number of allylic oxidation sites excluding steroid dienone is 2. The highest BCUT2D eigenvalue weighted by Crippen LogP contribution is 2.40. The number of likely N-dealkylation sites (tertiary alicyclic amines) is 1. The van der Waals surface area contributed by atoms with Crippen LogP contribution in [0.4, 0.5) is 4.79 Å². The van der Waals surface area contributed by atoms with E-state index in [1.54, 1.807) is 46.2 Å². The van der Waals surface area contributed by atoms with Gasteiger partial charge in [0.25, 0.3) is 5.91 Å². The predicted molar refractivity (Wildman–Crippen MR) is 274 cm³/mol. The number of esters is 1. The fourth-order valence-electron chi connectivity index (χ4n) is 9.45. The number of likely N-dealkylation sites (N-methyl/N-ethyl adjacent to an activating group) is 2. The Bertz CT molecular complexity index is 2550. The largest absolute Gasteiger partial charge is 0.464 e. The van der Waals surface area contributed by atoms with Crippen molar-refractivity contribution in [3.05, 3.63) is 70.3 Å². The third kappa shape index (κ3) is 11.9. The van der Waals surface area contributed by atoms with Gasteiger partial charge in [0.15, 0.2) is 0 Å². The molecule has 2 aromatic heterocycles. The van der Waals surface area contributed by atoms with E-state index in [2.05, 4.69) is 54.8 Å². The lowest BCUT2D eigenvalue weighted by Crippen LogP contribution is -2.65. The summed E-state index contributed by atoms with van der Waals surface area (Å²) < 4.78 is 14.2. The average molecular weight is 984 g/mol. The van der Waals surface area contributed by atoms with Gasteiger partial charge in [-0.3, -0.25) is 29.2 Å². The molecule has 0 radical (unpaired) electrons. The zero-order chi connectivity index (χ0) is 51.4. The van der Waals surface area contributed by atoms with Gasteiger partial charge in [-0.25, -0.2) is 15.2 Å². The highest BCUT2D eigenvalue weighted by Gasteiger charge is 2.41. The highest BCUT2D eigenvalue weighted by atomic mass is 32.1. The van der Waals surface area contributed by atoms with Gasteiger partial charge in [0.2, 0.25) is 11.8 Å². The summed E-state index contributed by atoms with van der Waals surface area (Å²) in [6.45, 7) is 22.8. The van der Waals surface area contributed by atoms with Crippen molar-refractivity contribution in [2.45, 2.75) is 130 Å². The molecule has 0 unspecified atom stereocenters. The number of cyclic esters (lactones) is 1. The van der Waals surface area contributed by atoms with Crippen LogP contribution in [0.5, 0.6) is 0 Å². The fraction of sp³-hybridized carbons (Fsp3) is 0.558. The molecular weight excluding hydrogens is 911 g/mol. The number of amides is 5. The van der Waals surface area contributed by atoms with E-state index < -0.39 is 53.0 Å². The Labute approximate surface area is 416 Å². The smallest absolute Gasteiger partial charge is 0.324 e. The molecule has 0 saturated carbocycles. The summed E-state index contributed by atoms with van der Waals surface area (Å²) in [5, 5.41) is 18.0. The van der Waals surface area contributed by atoms with E-state index in [1.807, 2.05) is 45.2 Å². The SMILES string of the molecule is C=C/C(=C(\N=C/C)[C@H](C)OC)c1c2c3cc(ccc3n1CC)-c1csc(n1)C[C@H](NC(=O)[C@H](C(C)C)N(C)C(=O)N(C)C1CN(C(=O)/C=C/C(C)(C)O)C1)C(=O)N1CCC[C@H](N1)C(=O)OCC(C)(C)C2. The Hall–Kier alpha value is -5.69. The van der Waals surface area contributed by atoms with Gasteiger partial charge in [-0.1, -0.05) is 46.4 Å². The Balaban J connectivity index is 1.36. The molecule has 0 spiro atoms. The molecule has 0 aliphatic carbocycles. The molecule has 2 saturated heterocycles. The summed E-state index contributed by atoms with van der Waals surface area (Å²) in [7, 11) is 4.86. The second kappa shape index (κ2) is 22.2. The maximum absolute atomic E-state index is 14.7. The van der Waals surface area contributed by atoms with Gasteiger partial charge in [-0.2, -0.15) is 0 Å². The number of urea groups is 1.